The number of nitrogens with one attached hydrogen (secondary N) is 4. The predicted octanol–water partition coefficient (Wildman–Crippen LogP) is 10.3. The Morgan fingerprint density at radius 3 is 1.45 bits per heavy atom. The number of amides is 2. The molecule has 0 atom stereocenters. The highest BCUT2D eigenvalue weighted by atomic mass is 35.5. The van der Waals surface area contributed by atoms with Gasteiger partial charge in [-0.15, -0.1) is 0 Å². The lowest BCUT2D eigenvalue weighted by Gasteiger charge is -2.16. The van der Waals surface area contributed by atoms with Crippen LogP contribution in [-0.2, 0) is 37.2 Å². The van der Waals surface area contributed by atoms with Crippen LogP contribution >= 0.6 is 23.2 Å². The largest absolute Gasteiger partial charge is 0.496 e. The van der Waals surface area contributed by atoms with Crippen LogP contribution in [0.4, 0.5) is 53.9 Å². The van der Waals surface area contributed by atoms with Gasteiger partial charge in [0.1, 0.15) is 28.8 Å². The van der Waals surface area contributed by atoms with E-state index in [1.165, 1.54) is 70.4 Å². The number of urea groups is 1. The SMILES string of the molecule is C=C=O.COc1ccc(N)cc1C(=O)c1ncc(Cl)cc1NS(=O)(=O)c1ccc(C)c(C(F)(F)F)c1.COc1ccc(NC(=O)NC(C)C)cc1C(=O)c1ncc(Cl)cc1NS(=O)(=O)c1ccc(C)c(C(F)(F)F)c1. The van der Waals surface area contributed by atoms with E-state index in [-0.39, 0.29) is 78.3 Å². The molecule has 75 heavy (non-hydrogen) atoms. The van der Waals surface area contributed by atoms with Crippen LogP contribution in [-0.4, -0.2) is 70.6 Å². The summed E-state index contributed by atoms with van der Waals surface area (Å²) in [4.78, 5) is 53.9. The molecule has 0 saturated carbocycles. The highest BCUT2D eigenvalue weighted by Crippen LogP contribution is 2.37. The molecule has 398 valence electrons. The standard InChI is InChI=1S/C25H24ClF3N4O5S.C21H17ClF3N3O4S.C2H2O/c1-13(2)31-24(35)32-16-6-8-21(38-4)18(10-16)23(34)22-20(9-15(26)12-30-22)33-39(36,37)17-7-5-14(3)19(11-17)25(27,28)29;1-11-3-5-14(9-16(11)21(23,24)25)33(30,31)28-17-7-12(22)10-27-19(17)20(29)15-8-13(26)4-6-18(15)32-2;1-2-3/h5-13,33H,1-4H3,(H2,31,32,35);3-10,28H,26H2,1-2H3;1H2. The van der Waals surface area contributed by atoms with Crippen LogP contribution in [0.25, 0.3) is 0 Å². The number of carbonyl (C=O) groups excluding carboxylic acids is 4. The number of nitrogen functional groups attached to an aromatic ring is 1. The zero-order valence-corrected chi connectivity index (χ0v) is 43.1. The maximum absolute atomic E-state index is 13.5. The predicted molar refractivity (Wildman–Crippen MR) is 268 cm³/mol. The van der Waals surface area contributed by atoms with E-state index in [0.717, 1.165) is 48.8 Å². The third kappa shape index (κ3) is 15.7. The normalized spacial score (nSPS) is 11.4. The molecule has 0 radical (unpaired) electrons. The Hall–Kier alpha value is -7.70. The minimum absolute atomic E-state index is 0.00228. The number of nitrogens with zero attached hydrogens (tertiary/aromatic N) is 2. The Balaban J connectivity index is 0.000000312. The van der Waals surface area contributed by atoms with E-state index in [4.69, 9.17) is 43.2 Å². The lowest BCUT2D eigenvalue weighted by atomic mass is 10.0. The molecule has 0 aliphatic rings. The molecule has 0 fully saturated rings. The summed E-state index contributed by atoms with van der Waals surface area (Å²) in [5, 5.41) is 5.15. The molecule has 0 saturated heterocycles. The fourth-order valence-corrected chi connectivity index (χ4v) is 8.98. The van der Waals surface area contributed by atoms with Crippen molar-refractivity contribution in [3.05, 3.63) is 159 Å². The highest BCUT2D eigenvalue weighted by Gasteiger charge is 2.36. The first kappa shape index (κ1) is 59.9. The summed E-state index contributed by atoms with van der Waals surface area (Å²) in [6.07, 6.45) is -7.31. The van der Waals surface area contributed by atoms with Crippen LogP contribution < -0.4 is 35.3 Å². The van der Waals surface area contributed by atoms with Crippen molar-refractivity contribution in [1.82, 2.24) is 15.3 Å². The summed E-state index contributed by atoms with van der Waals surface area (Å²) in [6, 6.07) is 15.1. The fourth-order valence-electron chi connectivity index (χ4n) is 6.50. The Bertz CT molecular complexity index is 3410. The zero-order valence-electron chi connectivity index (χ0n) is 39.9. The van der Waals surface area contributed by atoms with Crippen LogP contribution in [0, 0.1) is 13.8 Å². The van der Waals surface area contributed by atoms with Crippen LogP contribution in [0.15, 0.2) is 114 Å². The number of aromatic nitrogens is 2. The van der Waals surface area contributed by atoms with Gasteiger partial charge in [-0.05, 0) is 118 Å². The highest BCUT2D eigenvalue weighted by molar-refractivity contribution is 7.93. The van der Waals surface area contributed by atoms with Gasteiger partial charge in [0.25, 0.3) is 20.0 Å². The van der Waals surface area contributed by atoms with Crippen molar-refractivity contribution in [3.63, 3.8) is 0 Å². The number of alkyl halides is 6. The molecular weight excluding hydrogens is 1080 g/mol. The molecule has 17 nitrogen and oxygen atoms in total. The van der Waals surface area contributed by atoms with Crippen LogP contribution in [0.3, 0.4) is 0 Å². The Kier molecular flexibility index (Phi) is 19.6. The third-order valence-electron chi connectivity index (χ3n) is 9.87. The lowest BCUT2D eigenvalue weighted by Crippen LogP contribution is -2.34. The Labute approximate surface area is 435 Å². The second-order valence-corrected chi connectivity index (χ2v) is 19.9. The number of halogens is 8. The second-order valence-electron chi connectivity index (χ2n) is 15.7. The van der Waals surface area contributed by atoms with Crippen molar-refractivity contribution in [2.24, 2.45) is 0 Å². The quantitative estimate of drug-likeness (QED) is 0.0295. The minimum Gasteiger partial charge on any atom is -0.496 e. The number of methoxy groups -OCH3 is 2. The van der Waals surface area contributed by atoms with Gasteiger partial charge in [0.2, 0.25) is 11.6 Å². The number of aryl methyl sites for hydroxylation is 2. The molecule has 27 heteroatoms. The molecular formula is C48H43Cl2F6N7O10S2. The number of ether oxygens (including phenoxy) is 2. The van der Waals surface area contributed by atoms with E-state index in [2.05, 4.69) is 36.6 Å². The number of rotatable bonds is 14. The number of benzene rings is 4. The molecule has 2 heterocycles. The number of ketones is 2. The van der Waals surface area contributed by atoms with Gasteiger partial charge in [-0.1, -0.05) is 35.3 Å². The fraction of sp³-hybridized carbons (Fsp3) is 0.188. The maximum atomic E-state index is 13.5. The molecule has 6 aromatic rings. The van der Waals surface area contributed by atoms with Gasteiger partial charge in [0, 0.05) is 29.8 Å². The summed E-state index contributed by atoms with van der Waals surface area (Å²) in [7, 11) is -6.53. The first-order valence-electron chi connectivity index (χ1n) is 21.0. The summed E-state index contributed by atoms with van der Waals surface area (Å²) < 4.78 is 146. The molecule has 6 rings (SSSR count). The number of sulfonamides is 2. The van der Waals surface area contributed by atoms with Crippen molar-refractivity contribution in [2.75, 3.05) is 34.7 Å². The number of nitrogens with two attached hydrogens (primary N) is 1. The van der Waals surface area contributed by atoms with Crippen molar-refractivity contribution in [2.45, 2.75) is 55.9 Å². The van der Waals surface area contributed by atoms with Gasteiger partial charge >= 0.3 is 18.4 Å². The van der Waals surface area contributed by atoms with Crippen molar-refractivity contribution in [3.8, 4) is 11.5 Å². The number of hydrogen-bond acceptors (Lipinski definition) is 13. The molecule has 2 amide bonds. The number of pyridine rings is 2. The third-order valence-corrected chi connectivity index (χ3v) is 13.0. The van der Waals surface area contributed by atoms with Gasteiger partial charge in [-0.2, -0.15) is 26.3 Å². The molecule has 4 aromatic carbocycles. The van der Waals surface area contributed by atoms with Gasteiger partial charge in [-0.25, -0.2) is 36.4 Å². The van der Waals surface area contributed by atoms with E-state index in [1.54, 1.807) is 13.8 Å². The van der Waals surface area contributed by atoms with Crippen LogP contribution in [0.5, 0.6) is 11.5 Å². The van der Waals surface area contributed by atoms with E-state index < -0.39 is 76.6 Å². The Morgan fingerprint density at radius 1 is 0.667 bits per heavy atom. The summed E-state index contributed by atoms with van der Waals surface area (Å²) in [6.45, 7) is 8.62. The van der Waals surface area contributed by atoms with Crippen molar-refractivity contribution in [1.29, 1.82) is 0 Å². The smallest absolute Gasteiger partial charge is 0.416 e. The van der Waals surface area contributed by atoms with Crippen molar-refractivity contribution < 1.29 is 71.8 Å². The molecule has 0 unspecified atom stereocenters. The average molecular weight is 1130 g/mol. The van der Waals surface area contributed by atoms with E-state index >= 15 is 0 Å². The monoisotopic (exact) mass is 1130 g/mol. The summed E-state index contributed by atoms with van der Waals surface area (Å²) in [5.74, 6) is -0.0516. The van der Waals surface area contributed by atoms with E-state index in [9.17, 15) is 57.6 Å². The maximum Gasteiger partial charge on any atom is 0.416 e. The van der Waals surface area contributed by atoms with Gasteiger partial charge < -0.3 is 25.8 Å². The molecule has 0 bridgehead atoms. The second kappa shape index (κ2) is 24.6. The minimum atomic E-state index is -4.78. The van der Waals surface area contributed by atoms with Gasteiger partial charge in [-0.3, -0.25) is 19.0 Å². The van der Waals surface area contributed by atoms with Crippen LogP contribution in [0.2, 0.25) is 10.0 Å². The number of carbonyl (C=O) groups is 3. The molecule has 0 spiro atoms. The topological polar surface area (TPSA) is 255 Å². The first-order valence-corrected chi connectivity index (χ1v) is 24.7. The summed E-state index contributed by atoms with van der Waals surface area (Å²) >= 11 is 11.9. The molecule has 0 aliphatic carbocycles. The molecule has 6 N–H and O–H groups in total. The molecule has 0 aliphatic heterocycles. The van der Waals surface area contributed by atoms with Gasteiger partial charge in [0.15, 0.2) is 0 Å². The lowest BCUT2D eigenvalue weighted by molar-refractivity contribution is -0.139. The van der Waals surface area contributed by atoms with E-state index in [1.807, 2.05) is 0 Å². The average Bonchev–Trinajstić information content (AvgIpc) is 3.30. The van der Waals surface area contributed by atoms with Crippen LogP contribution in [0.1, 0.15) is 68.2 Å². The van der Waals surface area contributed by atoms with Crippen molar-refractivity contribution >= 4 is 89.5 Å². The number of hydrogen-bond donors (Lipinski definition) is 5. The number of anilines is 4. The Morgan fingerprint density at radius 2 is 1.07 bits per heavy atom. The van der Waals surface area contributed by atoms with E-state index in [0.29, 0.717) is 12.1 Å². The zero-order chi connectivity index (χ0) is 56.4. The molecule has 2 aromatic heterocycles. The van der Waals surface area contributed by atoms with Gasteiger partial charge in [0.05, 0.1) is 67.7 Å². The first-order chi connectivity index (χ1) is 34.9. The summed E-state index contributed by atoms with van der Waals surface area (Å²) in [5.41, 5.74) is 2.15.